The molecule has 0 aliphatic carbocycles. The van der Waals surface area contributed by atoms with Crippen molar-refractivity contribution in [2.45, 2.75) is 26.3 Å². The Morgan fingerprint density at radius 1 is 1.41 bits per heavy atom. The zero-order valence-electron chi connectivity index (χ0n) is 10.8. The van der Waals surface area contributed by atoms with Gasteiger partial charge in [-0.05, 0) is 38.4 Å². The summed E-state index contributed by atoms with van der Waals surface area (Å²) < 4.78 is 0. The molecule has 1 aliphatic heterocycles. The molecule has 0 bridgehead atoms. The van der Waals surface area contributed by atoms with E-state index in [1.54, 1.807) is 0 Å². The highest BCUT2D eigenvalue weighted by Crippen LogP contribution is 2.15. The number of nitrogens with zero attached hydrogens (tertiary/aromatic N) is 1. The van der Waals surface area contributed by atoms with E-state index in [4.69, 9.17) is 0 Å². The Bertz CT molecular complexity index is 422. The highest BCUT2D eigenvalue weighted by atomic mass is 16.2. The van der Waals surface area contributed by atoms with Crippen LogP contribution in [0.5, 0.6) is 0 Å². The second-order valence-electron chi connectivity index (χ2n) is 4.88. The van der Waals surface area contributed by atoms with E-state index in [-0.39, 0.29) is 5.91 Å². The maximum atomic E-state index is 12.4. The van der Waals surface area contributed by atoms with Crippen LogP contribution in [0.25, 0.3) is 0 Å². The van der Waals surface area contributed by atoms with Crippen molar-refractivity contribution in [1.82, 2.24) is 10.2 Å². The zero-order valence-corrected chi connectivity index (χ0v) is 10.8. The van der Waals surface area contributed by atoms with Gasteiger partial charge in [0, 0.05) is 25.2 Å². The van der Waals surface area contributed by atoms with E-state index in [2.05, 4.69) is 11.4 Å². The summed E-state index contributed by atoms with van der Waals surface area (Å²) in [7, 11) is 1.90. The van der Waals surface area contributed by atoms with Gasteiger partial charge < -0.3 is 10.2 Å². The molecule has 1 N–H and O–H groups in total. The molecule has 2 rings (SSSR count). The molecule has 17 heavy (non-hydrogen) atoms. The highest BCUT2D eigenvalue weighted by molar-refractivity contribution is 5.95. The number of amides is 1. The molecule has 1 aromatic carbocycles. The van der Waals surface area contributed by atoms with Crippen molar-refractivity contribution < 1.29 is 4.79 Å². The third-order valence-corrected chi connectivity index (χ3v) is 3.51. The first kappa shape index (κ1) is 12.1. The summed E-state index contributed by atoms with van der Waals surface area (Å²) >= 11 is 0. The van der Waals surface area contributed by atoms with Crippen LogP contribution >= 0.6 is 0 Å². The molecule has 1 aliphatic rings. The molecule has 1 saturated heterocycles. The van der Waals surface area contributed by atoms with E-state index in [0.29, 0.717) is 6.04 Å². The minimum absolute atomic E-state index is 0.135. The van der Waals surface area contributed by atoms with E-state index in [1.807, 2.05) is 37.9 Å². The van der Waals surface area contributed by atoms with Crippen LogP contribution in [0.4, 0.5) is 0 Å². The molecule has 1 amide bonds. The van der Waals surface area contributed by atoms with Gasteiger partial charge >= 0.3 is 0 Å². The fourth-order valence-electron chi connectivity index (χ4n) is 2.38. The van der Waals surface area contributed by atoms with Gasteiger partial charge in [-0.3, -0.25) is 4.79 Å². The molecule has 3 heteroatoms. The van der Waals surface area contributed by atoms with E-state index < -0.39 is 0 Å². The third-order valence-electron chi connectivity index (χ3n) is 3.51. The molecule has 0 radical (unpaired) electrons. The lowest BCUT2D eigenvalue weighted by atomic mass is 10.0. The van der Waals surface area contributed by atoms with Crippen molar-refractivity contribution in [3.05, 3.63) is 34.9 Å². The van der Waals surface area contributed by atoms with Gasteiger partial charge in [0.15, 0.2) is 0 Å². The third kappa shape index (κ3) is 2.50. The van der Waals surface area contributed by atoms with Crippen LogP contribution in [0.2, 0.25) is 0 Å². The number of aryl methyl sites for hydroxylation is 2. The first-order valence-corrected chi connectivity index (χ1v) is 6.14. The molecule has 1 fully saturated rings. The van der Waals surface area contributed by atoms with Gasteiger partial charge in [-0.15, -0.1) is 0 Å². The summed E-state index contributed by atoms with van der Waals surface area (Å²) in [5.41, 5.74) is 3.09. The van der Waals surface area contributed by atoms with E-state index in [9.17, 15) is 4.79 Å². The average molecular weight is 232 g/mol. The molecule has 0 saturated carbocycles. The second-order valence-corrected chi connectivity index (χ2v) is 4.88. The molecule has 1 aromatic rings. The molecule has 0 unspecified atom stereocenters. The molecular formula is C14H20N2O. The molecule has 3 nitrogen and oxygen atoms in total. The Morgan fingerprint density at radius 2 is 2.18 bits per heavy atom. The summed E-state index contributed by atoms with van der Waals surface area (Å²) in [6.07, 6.45) is 1.05. The largest absolute Gasteiger partial charge is 0.337 e. The number of carbonyl (C=O) groups is 1. The van der Waals surface area contributed by atoms with Crippen LogP contribution in [0.15, 0.2) is 18.2 Å². The number of benzene rings is 1. The fourth-order valence-corrected chi connectivity index (χ4v) is 2.38. The number of hydrogen-bond acceptors (Lipinski definition) is 2. The first-order chi connectivity index (χ1) is 8.09. The lowest BCUT2D eigenvalue weighted by Crippen LogP contribution is -2.38. The van der Waals surface area contributed by atoms with Crippen molar-refractivity contribution in [2.24, 2.45) is 0 Å². The SMILES string of the molecule is Cc1ccc(C(=O)N(C)[C@@H]2CCNC2)c(C)c1. The quantitative estimate of drug-likeness (QED) is 0.842. The van der Waals surface area contributed by atoms with Crippen molar-refractivity contribution in [1.29, 1.82) is 0 Å². The van der Waals surface area contributed by atoms with Gasteiger partial charge in [-0.25, -0.2) is 0 Å². The van der Waals surface area contributed by atoms with Crippen molar-refractivity contribution in [3.8, 4) is 0 Å². The number of rotatable bonds is 2. The van der Waals surface area contributed by atoms with Gasteiger partial charge in [0.1, 0.15) is 0 Å². The Morgan fingerprint density at radius 3 is 2.76 bits per heavy atom. The maximum absolute atomic E-state index is 12.4. The normalized spacial score (nSPS) is 19.4. The monoisotopic (exact) mass is 232 g/mol. The Hall–Kier alpha value is -1.35. The lowest BCUT2D eigenvalue weighted by molar-refractivity contribution is 0.0743. The van der Waals surface area contributed by atoms with Crippen LogP contribution in [0.1, 0.15) is 27.9 Å². The summed E-state index contributed by atoms with van der Waals surface area (Å²) in [4.78, 5) is 14.2. The number of carbonyl (C=O) groups excluding carboxylic acids is 1. The van der Waals surface area contributed by atoms with Crippen molar-refractivity contribution in [2.75, 3.05) is 20.1 Å². The molecule has 0 spiro atoms. The van der Waals surface area contributed by atoms with Gasteiger partial charge in [-0.1, -0.05) is 17.7 Å². The summed E-state index contributed by atoms with van der Waals surface area (Å²) in [6, 6.07) is 6.34. The smallest absolute Gasteiger partial charge is 0.254 e. The topological polar surface area (TPSA) is 32.3 Å². The van der Waals surface area contributed by atoms with Crippen LogP contribution in [0, 0.1) is 13.8 Å². The predicted octanol–water partition coefficient (Wildman–Crippen LogP) is 1.74. The van der Waals surface area contributed by atoms with Crippen LogP contribution in [-0.4, -0.2) is 37.0 Å². The van der Waals surface area contributed by atoms with Crippen molar-refractivity contribution in [3.63, 3.8) is 0 Å². The molecular weight excluding hydrogens is 212 g/mol. The van der Waals surface area contributed by atoms with Gasteiger partial charge in [-0.2, -0.15) is 0 Å². The minimum atomic E-state index is 0.135. The zero-order chi connectivity index (χ0) is 12.4. The van der Waals surface area contributed by atoms with E-state index in [1.165, 1.54) is 5.56 Å². The Kier molecular flexibility index (Phi) is 3.48. The molecule has 92 valence electrons. The summed E-state index contributed by atoms with van der Waals surface area (Å²) in [6.45, 7) is 5.97. The average Bonchev–Trinajstić information content (AvgIpc) is 2.80. The Labute approximate surface area is 103 Å². The summed E-state index contributed by atoms with van der Waals surface area (Å²) in [5.74, 6) is 0.135. The first-order valence-electron chi connectivity index (χ1n) is 6.14. The molecule has 0 aromatic heterocycles. The molecule has 1 heterocycles. The predicted molar refractivity (Wildman–Crippen MR) is 69.3 cm³/mol. The summed E-state index contributed by atoms with van der Waals surface area (Å²) in [5, 5.41) is 3.29. The van der Waals surface area contributed by atoms with E-state index in [0.717, 1.165) is 30.6 Å². The highest BCUT2D eigenvalue weighted by Gasteiger charge is 2.24. The number of nitrogens with one attached hydrogen (secondary N) is 1. The van der Waals surface area contributed by atoms with Crippen LogP contribution in [-0.2, 0) is 0 Å². The second kappa shape index (κ2) is 4.88. The van der Waals surface area contributed by atoms with E-state index >= 15 is 0 Å². The number of likely N-dealkylation sites (N-methyl/N-ethyl adjacent to an activating group) is 1. The van der Waals surface area contributed by atoms with Crippen molar-refractivity contribution >= 4 is 5.91 Å². The minimum Gasteiger partial charge on any atom is -0.337 e. The van der Waals surface area contributed by atoms with Crippen LogP contribution in [0.3, 0.4) is 0 Å². The van der Waals surface area contributed by atoms with Gasteiger partial charge in [0.05, 0.1) is 0 Å². The molecule has 1 atom stereocenters. The van der Waals surface area contributed by atoms with Gasteiger partial charge in [0.2, 0.25) is 0 Å². The maximum Gasteiger partial charge on any atom is 0.254 e. The van der Waals surface area contributed by atoms with Gasteiger partial charge in [0.25, 0.3) is 5.91 Å². The lowest BCUT2D eigenvalue weighted by Gasteiger charge is -2.24. The fraction of sp³-hybridized carbons (Fsp3) is 0.500. The standard InChI is InChI=1S/C14H20N2O/c1-10-4-5-13(11(2)8-10)14(17)16(3)12-6-7-15-9-12/h4-5,8,12,15H,6-7,9H2,1-3H3/t12-/m1/s1. The van der Waals surface area contributed by atoms with Crippen LogP contribution < -0.4 is 5.32 Å². The number of hydrogen-bond donors (Lipinski definition) is 1. The Balaban J connectivity index is 2.18.